The molecule has 0 heterocycles. The highest BCUT2D eigenvalue weighted by Crippen LogP contribution is 2.38. The second-order valence-corrected chi connectivity index (χ2v) is 7.21. The molecule has 0 aromatic heterocycles. The highest BCUT2D eigenvalue weighted by Gasteiger charge is 2.35. The topological polar surface area (TPSA) is 33.0 Å². The Bertz CT molecular complexity index is 665. The van der Waals surface area contributed by atoms with Gasteiger partial charge in [0.15, 0.2) is 0 Å². The van der Waals surface area contributed by atoms with Crippen molar-refractivity contribution in [2.24, 2.45) is 11.8 Å². The largest absolute Gasteiger partial charge is 0.356 e. The predicted octanol–water partition coefficient (Wildman–Crippen LogP) is 6.50. The van der Waals surface area contributed by atoms with E-state index in [1.54, 1.807) is 0 Å². The Morgan fingerprint density at radius 3 is 2.30 bits per heavy atom. The van der Waals surface area contributed by atoms with Gasteiger partial charge in [0.25, 0.3) is 0 Å². The Hall–Kier alpha value is -1.87. The lowest BCUT2D eigenvalue weighted by molar-refractivity contribution is -0.256. The summed E-state index contributed by atoms with van der Waals surface area (Å²) < 4.78 is 60.0. The molecule has 0 unspecified atom stereocenters. The van der Waals surface area contributed by atoms with Gasteiger partial charge in [-0.1, -0.05) is 25.0 Å². The van der Waals surface area contributed by atoms with Crippen LogP contribution in [0.25, 0.3) is 0 Å². The molecule has 2 rings (SSSR count). The van der Waals surface area contributed by atoms with Crippen LogP contribution >= 0.6 is 0 Å². The smallest absolute Gasteiger partial charge is 0.316 e. The summed E-state index contributed by atoms with van der Waals surface area (Å²) in [6.45, 7) is 1.38. The lowest BCUT2D eigenvalue weighted by Gasteiger charge is -2.30. The summed E-state index contributed by atoms with van der Waals surface area (Å²) in [4.78, 5) is 0. The maximum Gasteiger partial charge on any atom is 0.356 e. The van der Waals surface area contributed by atoms with Crippen molar-refractivity contribution in [3.8, 4) is 6.07 Å². The zero-order valence-corrected chi connectivity index (χ0v) is 15.5. The number of ether oxygens (including phenoxy) is 1. The van der Waals surface area contributed by atoms with Crippen molar-refractivity contribution in [3.05, 3.63) is 47.0 Å². The predicted molar refractivity (Wildman–Crippen MR) is 94.9 cm³/mol. The zero-order valence-electron chi connectivity index (χ0n) is 15.5. The lowest BCUT2D eigenvalue weighted by Crippen LogP contribution is -2.27. The maximum absolute atomic E-state index is 14.1. The van der Waals surface area contributed by atoms with Crippen LogP contribution in [-0.2, 0) is 11.3 Å². The van der Waals surface area contributed by atoms with Crippen molar-refractivity contribution in [2.75, 3.05) is 0 Å². The van der Waals surface area contributed by atoms with E-state index in [-0.39, 0.29) is 17.9 Å². The van der Waals surface area contributed by atoms with E-state index in [0.29, 0.717) is 5.92 Å². The Balaban J connectivity index is 1.81. The van der Waals surface area contributed by atoms with Crippen molar-refractivity contribution in [2.45, 2.75) is 64.6 Å². The first-order valence-corrected chi connectivity index (χ1v) is 9.35. The van der Waals surface area contributed by atoms with Crippen molar-refractivity contribution >= 4 is 0 Å². The average molecular weight is 383 g/mol. The van der Waals surface area contributed by atoms with Gasteiger partial charge in [-0.15, -0.1) is 0 Å². The fraction of sp³-hybridized carbons (Fsp3) is 0.571. The molecule has 1 aromatic rings. The third-order valence-corrected chi connectivity index (χ3v) is 5.13. The van der Waals surface area contributed by atoms with Gasteiger partial charge in [0, 0.05) is 6.42 Å². The van der Waals surface area contributed by atoms with E-state index in [9.17, 15) is 17.6 Å². The molecular weight excluding hydrogens is 358 g/mol. The third kappa shape index (κ3) is 6.66. The fourth-order valence-electron chi connectivity index (χ4n) is 3.62. The minimum absolute atomic E-state index is 0.0589. The summed E-state index contributed by atoms with van der Waals surface area (Å²) in [6.07, 6.45) is 5.95. The van der Waals surface area contributed by atoms with E-state index in [2.05, 4.69) is 10.8 Å². The molecule has 0 amide bonds. The van der Waals surface area contributed by atoms with Crippen molar-refractivity contribution in [1.82, 2.24) is 0 Å². The molecule has 1 fully saturated rings. The van der Waals surface area contributed by atoms with Gasteiger partial charge in [0.1, 0.15) is 23.3 Å². The number of hydrogen-bond donors (Lipinski definition) is 0. The lowest BCUT2D eigenvalue weighted by atomic mass is 9.78. The number of allylic oxidation sites excluding steroid dienone is 2. The van der Waals surface area contributed by atoms with Crippen LogP contribution in [0.5, 0.6) is 0 Å². The van der Waals surface area contributed by atoms with Gasteiger partial charge >= 0.3 is 6.11 Å². The van der Waals surface area contributed by atoms with Gasteiger partial charge in [-0.25, -0.2) is 8.78 Å². The summed E-state index contributed by atoms with van der Waals surface area (Å²) in [5.41, 5.74) is -0.784. The fourth-order valence-corrected chi connectivity index (χ4v) is 3.62. The molecule has 0 saturated heterocycles. The normalized spacial score (nSPS) is 20.7. The van der Waals surface area contributed by atoms with E-state index in [0.717, 1.165) is 50.7 Å². The Kier molecular flexibility index (Phi) is 7.85. The summed E-state index contributed by atoms with van der Waals surface area (Å²) in [5, 5.41) is 8.63. The van der Waals surface area contributed by atoms with E-state index in [1.807, 2.05) is 13.0 Å². The molecule has 27 heavy (non-hydrogen) atoms. The minimum atomic E-state index is -3.34. The van der Waals surface area contributed by atoms with Gasteiger partial charge < -0.3 is 4.74 Å². The van der Waals surface area contributed by atoms with Gasteiger partial charge in [0.05, 0.1) is 6.61 Å². The molecule has 0 bridgehead atoms. The average Bonchev–Trinajstić information content (AvgIpc) is 2.61. The maximum atomic E-state index is 14.1. The monoisotopic (exact) mass is 383 g/mol. The van der Waals surface area contributed by atoms with E-state index >= 15 is 0 Å². The molecule has 0 spiro atoms. The quantitative estimate of drug-likeness (QED) is 0.379. The first kappa shape index (κ1) is 21.4. The summed E-state index contributed by atoms with van der Waals surface area (Å²) in [7, 11) is 0. The molecule has 2 nitrogen and oxygen atoms in total. The Morgan fingerprint density at radius 1 is 1.15 bits per heavy atom. The first-order chi connectivity index (χ1) is 12.8. The van der Waals surface area contributed by atoms with Gasteiger partial charge in [-0.3, -0.25) is 0 Å². The first-order valence-electron chi connectivity index (χ1n) is 9.35. The minimum Gasteiger partial charge on any atom is -0.316 e. The van der Waals surface area contributed by atoms with Crippen molar-refractivity contribution in [1.29, 1.82) is 5.26 Å². The number of halogens is 4. The summed E-state index contributed by atoms with van der Waals surface area (Å²) in [6, 6.07) is 3.10. The molecule has 1 aromatic carbocycles. The molecule has 0 aliphatic heterocycles. The van der Waals surface area contributed by atoms with Crippen molar-refractivity contribution < 1.29 is 22.3 Å². The van der Waals surface area contributed by atoms with Gasteiger partial charge in [-0.05, 0) is 62.1 Å². The van der Waals surface area contributed by atoms with E-state index < -0.39 is 29.9 Å². The number of benzene rings is 1. The van der Waals surface area contributed by atoms with Crippen LogP contribution in [0, 0.1) is 34.8 Å². The highest BCUT2D eigenvalue weighted by molar-refractivity contribution is 5.34. The number of alkyl halides is 2. The van der Waals surface area contributed by atoms with Crippen LogP contribution in [0.1, 0.15) is 63.0 Å². The number of nitriles is 1. The molecule has 1 aliphatic carbocycles. The standard InChI is InChI=1S/C21H25F4NO/c1-2-3-4-5-15-6-8-16(9-7-15)12-21(24,25)27-14-17-10-19(22)18(13-26)20(23)11-17/h2-3,10-11,15-16H,4-9,12,14H2,1H3. The van der Waals surface area contributed by atoms with E-state index in [4.69, 9.17) is 5.26 Å². The van der Waals surface area contributed by atoms with Gasteiger partial charge in [0.2, 0.25) is 0 Å². The molecule has 0 N–H and O–H groups in total. The van der Waals surface area contributed by atoms with Crippen LogP contribution < -0.4 is 0 Å². The molecule has 0 radical (unpaired) electrons. The van der Waals surface area contributed by atoms with Crippen LogP contribution in [0.4, 0.5) is 17.6 Å². The SMILES string of the molecule is CC=CCCC1CCC(CC(F)(F)OCc2cc(F)c(C#N)c(F)c2)CC1. The summed E-state index contributed by atoms with van der Waals surface area (Å²) in [5.74, 6) is -1.66. The van der Waals surface area contributed by atoms with E-state index in [1.165, 1.54) is 6.07 Å². The summed E-state index contributed by atoms with van der Waals surface area (Å²) >= 11 is 0. The molecule has 1 aliphatic rings. The van der Waals surface area contributed by atoms with Crippen LogP contribution in [0.2, 0.25) is 0 Å². The molecule has 6 heteroatoms. The van der Waals surface area contributed by atoms with Crippen LogP contribution in [-0.4, -0.2) is 6.11 Å². The third-order valence-electron chi connectivity index (χ3n) is 5.13. The van der Waals surface area contributed by atoms with Crippen molar-refractivity contribution in [3.63, 3.8) is 0 Å². The highest BCUT2D eigenvalue weighted by atomic mass is 19.3. The van der Waals surface area contributed by atoms with Crippen LogP contribution in [0.15, 0.2) is 24.3 Å². The second kappa shape index (κ2) is 9.89. The zero-order chi connectivity index (χ0) is 19.9. The molecule has 148 valence electrons. The number of hydrogen-bond acceptors (Lipinski definition) is 2. The number of rotatable bonds is 8. The Labute approximate surface area is 157 Å². The number of nitrogens with zero attached hydrogens (tertiary/aromatic N) is 1. The second-order valence-electron chi connectivity index (χ2n) is 7.21. The molecule has 1 saturated carbocycles. The molecule has 0 atom stereocenters. The van der Waals surface area contributed by atoms with Crippen LogP contribution in [0.3, 0.4) is 0 Å². The Morgan fingerprint density at radius 2 is 1.74 bits per heavy atom. The van der Waals surface area contributed by atoms with Gasteiger partial charge in [-0.2, -0.15) is 14.0 Å². The molecular formula is C21H25F4NO.